The summed E-state index contributed by atoms with van der Waals surface area (Å²) in [6, 6.07) is 10.8. The molecule has 0 saturated heterocycles. The van der Waals surface area contributed by atoms with Crippen molar-refractivity contribution in [1.82, 2.24) is 9.97 Å². The maximum Gasteiger partial charge on any atom is 0.171 e. The molecule has 106 valence electrons. The van der Waals surface area contributed by atoms with Crippen LogP contribution in [0.1, 0.15) is 10.4 Å². The summed E-state index contributed by atoms with van der Waals surface area (Å²) in [5.74, 6) is 0.766. The minimum Gasteiger partial charge on any atom is -0.497 e. The van der Waals surface area contributed by atoms with Crippen molar-refractivity contribution in [3.05, 3.63) is 47.0 Å². The molecule has 2 aromatic carbocycles. The molecule has 0 atom stereocenters. The van der Waals surface area contributed by atoms with Gasteiger partial charge in [-0.25, -0.2) is 4.98 Å². The number of halogens is 1. The average molecular weight is 319 g/mol. The van der Waals surface area contributed by atoms with E-state index in [1.54, 1.807) is 19.2 Å². The Labute approximate surface area is 130 Å². The number of carbonyl (C=O) groups excluding carboxylic acids is 1. The number of aromatic amines is 1. The summed E-state index contributed by atoms with van der Waals surface area (Å²) in [7, 11) is 1.62. The van der Waals surface area contributed by atoms with Crippen LogP contribution in [-0.4, -0.2) is 23.4 Å². The van der Waals surface area contributed by atoms with Gasteiger partial charge in [0.2, 0.25) is 0 Å². The van der Waals surface area contributed by atoms with Gasteiger partial charge in [-0.3, -0.25) is 4.79 Å². The normalized spacial score (nSPS) is 10.8. The Bertz CT molecular complexity index is 817. The number of methoxy groups -OCH3 is 1. The number of aromatic nitrogens is 2. The highest BCUT2D eigenvalue weighted by atomic mass is 35.5. The van der Waals surface area contributed by atoms with E-state index in [4.69, 9.17) is 16.3 Å². The Morgan fingerprint density at radius 2 is 2.14 bits per heavy atom. The predicted molar refractivity (Wildman–Crippen MR) is 83.6 cm³/mol. The van der Waals surface area contributed by atoms with Crippen molar-refractivity contribution in [1.29, 1.82) is 0 Å². The van der Waals surface area contributed by atoms with Crippen molar-refractivity contribution in [3.8, 4) is 5.75 Å². The molecule has 0 amide bonds. The summed E-state index contributed by atoms with van der Waals surface area (Å²) < 4.78 is 5.18. The molecular weight excluding hydrogens is 308 g/mol. The fourth-order valence-corrected chi connectivity index (χ4v) is 3.00. The first-order chi connectivity index (χ1) is 10.2. The van der Waals surface area contributed by atoms with E-state index in [0.29, 0.717) is 15.7 Å². The van der Waals surface area contributed by atoms with Crippen LogP contribution in [0.4, 0.5) is 0 Å². The summed E-state index contributed by atoms with van der Waals surface area (Å²) in [6.07, 6.45) is 0.792. The number of rotatable bonds is 4. The lowest BCUT2D eigenvalue weighted by Crippen LogP contribution is -1.85. The molecule has 0 radical (unpaired) electrons. The quantitative estimate of drug-likeness (QED) is 0.733. The van der Waals surface area contributed by atoms with E-state index in [1.165, 1.54) is 11.8 Å². The Hall–Kier alpha value is -1.98. The Morgan fingerprint density at radius 1 is 1.29 bits per heavy atom. The molecule has 0 spiro atoms. The molecule has 3 aromatic rings. The molecule has 0 fully saturated rings. The van der Waals surface area contributed by atoms with Crippen LogP contribution in [-0.2, 0) is 0 Å². The van der Waals surface area contributed by atoms with Crippen molar-refractivity contribution >= 4 is 40.7 Å². The van der Waals surface area contributed by atoms with E-state index >= 15 is 0 Å². The maximum absolute atomic E-state index is 11.1. The second-order valence-electron chi connectivity index (χ2n) is 4.33. The molecule has 0 aliphatic heterocycles. The predicted octanol–water partition coefficient (Wildman–Crippen LogP) is 4.19. The number of imidazole rings is 1. The van der Waals surface area contributed by atoms with E-state index in [1.807, 2.05) is 24.3 Å². The van der Waals surface area contributed by atoms with E-state index in [2.05, 4.69) is 9.97 Å². The van der Waals surface area contributed by atoms with Gasteiger partial charge in [-0.05, 0) is 30.3 Å². The van der Waals surface area contributed by atoms with Crippen molar-refractivity contribution in [2.75, 3.05) is 7.11 Å². The first kappa shape index (κ1) is 14.0. The zero-order valence-corrected chi connectivity index (χ0v) is 12.7. The molecule has 1 N–H and O–H groups in total. The second kappa shape index (κ2) is 5.79. The van der Waals surface area contributed by atoms with Crippen molar-refractivity contribution in [2.45, 2.75) is 10.1 Å². The highest BCUT2D eigenvalue weighted by molar-refractivity contribution is 7.99. The fraction of sp³-hybridized carbons (Fsp3) is 0.0667. The van der Waals surface area contributed by atoms with Gasteiger partial charge in [0, 0.05) is 21.5 Å². The molecule has 0 aliphatic carbocycles. The number of aldehydes is 1. The van der Waals surface area contributed by atoms with Gasteiger partial charge in [0.05, 0.1) is 18.1 Å². The molecule has 0 unspecified atom stereocenters. The highest BCUT2D eigenvalue weighted by Gasteiger charge is 2.09. The van der Waals surface area contributed by atoms with Crippen molar-refractivity contribution in [2.24, 2.45) is 0 Å². The molecule has 6 heteroatoms. The average Bonchev–Trinajstić information content (AvgIpc) is 2.90. The first-order valence-corrected chi connectivity index (χ1v) is 7.35. The van der Waals surface area contributed by atoms with Gasteiger partial charge in [0.15, 0.2) is 11.4 Å². The molecule has 0 saturated carbocycles. The van der Waals surface area contributed by atoms with Gasteiger partial charge < -0.3 is 9.72 Å². The largest absolute Gasteiger partial charge is 0.497 e. The van der Waals surface area contributed by atoms with Crippen LogP contribution in [0.25, 0.3) is 11.0 Å². The van der Waals surface area contributed by atoms with Gasteiger partial charge >= 0.3 is 0 Å². The molecule has 1 heterocycles. The zero-order chi connectivity index (χ0) is 14.8. The Kier molecular flexibility index (Phi) is 3.86. The van der Waals surface area contributed by atoms with Crippen LogP contribution in [0.2, 0.25) is 5.02 Å². The number of hydrogen-bond acceptors (Lipinski definition) is 4. The standard InChI is InChI=1S/C15H11ClN2O2S/c1-20-11-3-4-12-13(7-11)18-15(17-12)21-14-5-2-10(16)6-9(14)8-19/h2-8H,1H3,(H,17,18). The van der Waals surface area contributed by atoms with Gasteiger partial charge in [-0.2, -0.15) is 0 Å². The lowest BCUT2D eigenvalue weighted by molar-refractivity contribution is 0.112. The first-order valence-electron chi connectivity index (χ1n) is 6.16. The molecule has 3 rings (SSSR count). The molecule has 0 bridgehead atoms. The summed E-state index contributed by atoms with van der Waals surface area (Å²) in [5.41, 5.74) is 2.28. The third-order valence-corrected chi connectivity index (χ3v) is 4.19. The SMILES string of the molecule is COc1ccc2nc(Sc3ccc(Cl)cc3C=O)[nH]c2c1. The number of benzene rings is 2. The Balaban J connectivity index is 1.96. The third-order valence-electron chi connectivity index (χ3n) is 2.97. The topological polar surface area (TPSA) is 55.0 Å². The number of carbonyl (C=O) groups is 1. The number of H-pyrrole nitrogens is 1. The van der Waals surface area contributed by atoms with Gasteiger partial charge in [-0.15, -0.1) is 0 Å². The minimum atomic E-state index is 0.538. The number of nitrogens with one attached hydrogen (secondary N) is 1. The summed E-state index contributed by atoms with van der Waals surface area (Å²) in [4.78, 5) is 19.6. The van der Waals surface area contributed by atoms with Gasteiger partial charge in [-0.1, -0.05) is 23.4 Å². The maximum atomic E-state index is 11.1. The summed E-state index contributed by atoms with van der Waals surface area (Å²) in [6.45, 7) is 0. The smallest absolute Gasteiger partial charge is 0.171 e. The lowest BCUT2D eigenvalue weighted by Gasteiger charge is -2.02. The molecule has 21 heavy (non-hydrogen) atoms. The highest BCUT2D eigenvalue weighted by Crippen LogP contribution is 2.31. The number of ether oxygens (including phenoxy) is 1. The third kappa shape index (κ3) is 2.89. The van der Waals surface area contributed by atoms with Crippen LogP contribution >= 0.6 is 23.4 Å². The minimum absolute atomic E-state index is 0.538. The van der Waals surface area contributed by atoms with E-state index in [0.717, 1.165) is 28.0 Å². The number of hydrogen-bond donors (Lipinski definition) is 1. The number of nitrogens with zero attached hydrogens (tertiary/aromatic N) is 1. The van der Waals surface area contributed by atoms with Gasteiger partial charge in [0.1, 0.15) is 5.75 Å². The summed E-state index contributed by atoms with van der Waals surface area (Å²) in [5, 5.41) is 1.25. The van der Waals surface area contributed by atoms with E-state index < -0.39 is 0 Å². The molecule has 0 aliphatic rings. The monoisotopic (exact) mass is 318 g/mol. The van der Waals surface area contributed by atoms with Crippen LogP contribution < -0.4 is 4.74 Å². The van der Waals surface area contributed by atoms with Crippen LogP contribution in [0.3, 0.4) is 0 Å². The van der Waals surface area contributed by atoms with E-state index in [9.17, 15) is 4.79 Å². The lowest BCUT2D eigenvalue weighted by atomic mass is 10.2. The van der Waals surface area contributed by atoms with E-state index in [-0.39, 0.29) is 0 Å². The zero-order valence-electron chi connectivity index (χ0n) is 11.1. The Morgan fingerprint density at radius 3 is 2.90 bits per heavy atom. The van der Waals surface area contributed by atoms with Crippen molar-refractivity contribution in [3.63, 3.8) is 0 Å². The molecule has 1 aromatic heterocycles. The van der Waals surface area contributed by atoms with Crippen LogP contribution in [0.5, 0.6) is 5.75 Å². The second-order valence-corrected chi connectivity index (χ2v) is 5.79. The summed E-state index contributed by atoms with van der Waals surface area (Å²) >= 11 is 7.28. The molecule has 4 nitrogen and oxygen atoms in total. The molecular formula is C15H11ClN2O2S. The van der Waals surface area contributed by atoms with Gasteiger partial charge in [0.25, 0.3) is 0 Å². The number of fused-ring (bicyclic) bond motifs is 1. The van der Waals surface area contributed by atoms with Crippen molar-refractivity contribution < 1.29 is 9.53 Å². The van der Waals surface area contributed by atoms with Crippen LogP contribution in [0.15, 0.2) is 46.5 Å². The van der Waals surface area contributed by atoms with Crippen LogP contribution in [0, 0.1) is 0 Å². The fourth-order valence-electron chi connectivity index (χ4n) is 1.95.